The predicted molar refractivity (Wildman–Crippen MR) is 90.2 cm³/mol. The molecule has 0 bridgehead atoms. The second-order valence-electron chi connectivity index (χ2n) is 5.83. The highest BCUT2D eigenvalue weighted by molar-refractivity contribution is 7.09. The van der Waals surface area contributed by atoms with E-state index in [0.717, 1.165) is 23.7 Å². The monoisotopic (exact) mass is 342 g/mol. The fourth-order valence-electron chi connectivity index (χ4n) is 3.02. The normalized spacial score (nSPS) is 17.6. The molecule has 0 saturated carbocycles. The average molecular weight is 342 g/mol. The zero-order chi connectivity index (χ0) is 16.4. The van der Waals surface area contributed by atoms with Crippen LogP contribution in [0.25, 0.3) is 0 Å². The highest BCUT2D eigenvalue weighted by atomic mass is 32.1. The summed E-state index contributed by atoms with van der Waals surface area (Å²) >= 11 is 1.71. The van der Waals surface area contributed by atoms with Crippen LogP contribution in [0.5, 0.6) is 0 Å². The Morgan fingerprint density at radius 3 is 3.21 bits per heavy atom. The minimum absolute atomic E-state index is 0.0107. The van der Waals surface area contributed by atoms with Gasteiger partial charge in [-0.05, 0) is 23.6 Å². The topological polar surface area (TPSA) is 74.2 Å². The summed E-state index contributed by atoms with van der Waals surface area (Å²) < 4.78 is 5.28. The quantitative estimate of drug-likeness (QED) is 0.746. The molecule has 0 spiro atoms. The number of aromatic nitrogens is 2. The van der Waals surface area contributed by atoms with Crippen molar-refractivity contribution in [3.8, 4) is 0 Å². The first-order chi connectivity index (χ1) is 11.8. The van der Waals surface area contributed by atoms with Gasteiger partial charge in [-0.15, -0.1) is 11.3 Å². The van der Waals surface area contributed by atoms with Crippen molar-refractivity contribution in [2.24, 2.45) is 0 Å². The second kappa shape index (κ2) is 6.62. The van der Waals surface area contributed by atoms with E-state index in [1.807, 2.05) is 18.2 Å². The molecule has 1 amide bonds. The molecule has 124 valence electrons. The zero-order valence-corrected chi connectivity index (χ0v) is 13.9. The van der Waals surface area contributed by atoms with Gasteiger partial charge in [-0.1, -0.05) is 6.07 Å². The van der Waals surface area contributed by atoms with Gasteiger partial charge in [0.05, 0.1) is 36.6 Å². The van der Waals surface area contributed by atoms with Gasteiger partial charge in [-0.2, -0.15) is 0 Å². The lowest BCUT2D eigenvalue weighted by molar-refractivity contribution is -0.127. The second-order valence-corrected chi connectivity index (χ2v) is 6.86. The van der Waals surface area contributed by atoms with Gasteiger partial charge >= 0.3 is 0 Å². The highest BCUT2D eigenvalue weighted by Crippen LogP contribution is 2.24. The smallest absolute Gasteiger partial charge is 0.238 e. The number of nitrogens with one attached hydrogen (secondary N) is 2. The van der Waals surface area contributed by atoms with Crippen LogP contribution in [0.3, 0.4) is 0 Å². The molecule has 2 N–H and O–H groups in total. The van der Waals surface area contributed by atoms with Crippen LogP contribution >= 0.6 is 11.3 Å². The van der Waals surface area contributed by atoms with Crippen LogP contribution in [0.2, 0.25) is 0 Å². The summed E-state index contributed by atoms with van der Waals surface area (Å²) in [5.41, 5.74) is 2.08. The van der Waals surface area contributed by atoms with Crippen LogP contribution in [0, 0.1) is 0 Å². The summed E-state index contributed by atoms with van der Waals surface area (Å²) in [5, 5.41) is 5.04. The molecule has 24 heavy (non-hydrogen) atoms. The molecule has 0 radical (unpaired) electrons. The average Bonchev–Trinajstić information content (AvgIpc) is 3.34. The van der Waals surface area contributed by atoms with E-state index >= 15 is 0 Å². The van der Waals surface area contributed by atoms with Gasteiger partial charge < -0.3 is 14.7 Å². The summed E-state index contributed by atoms with van der Waals surface area (Å²) in [6.07, 6.45) is 3.94. The first-order valence-electron chi connectivity index (χ1n) is 7.87. The Morgan fingerprint density at radius 2 is 2.42 bits per heavy atom. The van der Waals surface area contributed by atoms with Gasteiger partial charge in [0.15, 0.2) is 0 Å². The number of carbonyl (C=O) groups is 1. The van der Waals surface area contributed by atoms with E-state index < -0.39 is 0 Å². The number of rotatable bonds is 5. The van der Waals surface area contributed by atoms with Crippen molar-refractivity contribution in [3.05, 3.63) is 64.3 Å². The summed E-state index contributed by atoms with van der Waals surface area (Å²) in [6, 6.07) is 7.60. The third-order valence-corrected chi connectivity index (χ3v) is 5.12. The number of aromatic amines is 1. The Labute approximate surface area is 143 Å². The highest BCUT2D eigenvalue weighted by Gasteiger charge is 2.33. The van der Waals surface area contributed by atoms with E-state index in [9.17, 15) is 4.79 Å². The summed E-state index contributed by atoms with van der Waals surface area (Å²) in [4.78, 5) is 23.7. The van der Waals surface area contributed by atoms with Crippen LogP contribution in [0.4, 0.5) is 0 Å². The Bertz CT molecular complexity index is 795. The molecule has 3 aromatic rings. The van der Waals surface area contributed by atoms with Gasteiger partial charge in [0, 0.05) is 24.4 Å². The van der Waals surface area contributed by atoms with E-state index in [-0.39, 0.29) is 11.9 Å². The van der Waals surface area contributed by atoms with Gasteiger partial charge in [0.25, 0.3) is 0 Å². The van der Waals surface area contributed by atoms with Crippen molar-refractivity contribution in [1.82, 2.24) is 20.2 Å². The fraction of sp³-hybridized carbons (Fsp3) is 0.294. The van der Waals surface area contributed by atoms with E-state index in [1.165, 1.54) is 4.88 Å². The third-order valence-electron chi connectivity index (χ3n) is 4.25. The van der Waals surface area contributed by atoms with Crippen LogP contribution in [0.15, 0.2) is 46.7 Å². The molecule has 0 unspecified atom stereocenters. The number of hydrogen-bond acceptors (Lipinski definition) is 5. The van der Waals surface area contributed by atoms with E-state index in [4.69, 9.17) is 4.42 Å². The Kier molecular flexibility index (Phi) is 4.18. The molecule has 0 aromatic carbocycles. The number of thiophene rings is 1. The summed E-state index contributed by atoms with van der Waals surface area (Å²) in [7, 11) is 0. The number of amides is 1. The molecular weight excluding hydrogens is 324 g/mol. The summed E-state index contributed by atoms with van der Waals surface area (Å²) in [5.74, 6) is 0.765. The summed E-state index contributed by atoms with van der Waals surface area (Å²) in [6.45, 7) is 1.86. The largest absolute Gasteiger partial charge is 0.467 e. The van der Waals surface area contributed by atoms with Gasteiger partial charge in [0.1, 0.15) is 5.76 Å². The van der Waals surface area contributed by atoms with Crippen LogP contribution < -0.4 is 5.32 Å². The number of imidazole rings is 1. The van der Waals surface area contributed by atoms with E-state index in [2.05, 4.69) is 31.6 Å². The number of nitrogens with zero attached hydrogens (tertiary/aromatic N) is 2. The number of hydrogen-bond donors (Lipinski definition) is 2. The standard InChI is InChI=1S/C17H18N4O2S/c22-17(18-8-12-3-1-5-23-12)16-7-14-15(20-11-19-14)10-21(16)9-13-4-2-6-24-13/h1-6,11,16H,7-10H2,(H,18,22)(H,19,20)/t16-/m0/s1. The van der Waals surface area contributed by atoms with E-state index in [1.54, 1.807) is 23.9 Å². The van der Waals surface area contributed by atoms with Gasteiger partial charge in [0.2, 0.25) is 5.91 Å². The molecule has 7 heteroatoms. The van der Waals surface area contributed by atoms with Gasteiger partial charge in [-0.25, -0.2) is 4.98 Å². The first-order valence-corrected chi connectivity index (χ1v) is 8.75. The molecule has 1 aliphatic heterocycles. The number of carbonyl (C=O) groups excluding carboxylic acids is 1. The lowest BCUT2D eigenvalue weighted by Gasteiger charge is -2.33. The molecule has 3 aromatic heterocycles. The van der Waals surface area contributed by atoms with Crippen LogP contribution in [0.1, 0.15) is 22.0 Å². The minimum atomic E-state index is -0.224. The first kappa shape index (κ1) is 15.2. The molecule has 1 aliphatic rings. The maximum absolute atomic E-state index is 12.7. The molecule has 4 rings (SSSR count). The maximum Gasteiger partial charge on any atom is 0.238 e. The molecule has 0 saturated heterocycles. The van der Waals surface area contributed by atoms with Crippen LogP contribution in [-0.4, -0.2) is 26.8 Å². The van der Waals surface area contributed by atoms with Crippen LogP contribution in [-0.2, 0) is 30.8 Å². The molecule has 1 atom stereocenters. The van der Waals surface area contributed by atoms with Gasteiger partial charge in [-0.3, -0.25) is 9.69 Å². The van der Waals surface area contributed by atoms with Crippen molar-refractivity contribution >= 4 is 17.2 Å². The molecule has 6 nitrogen and oxygen atoms in total. The van der Waals surface area contributed by atoms with Crippen molar-refractivity contribution in [2.75, 3.05) is 0 Å². The van der Waals surface area contributed by atoms with Crippen molar-refractivity contribution in [1.29, 1.82) is 0 Å². The Morgan fingerprint density at radius 1 is 1.46 bits per heavy atom. The van der Waals surface area contributed by atoms with E-state index in [0.29, 0.717) is 19.5 Å². The van der Waals surface area contributed by atoms with Crippen molar-refractivity contribution < 1.29 is 9.21 Å². The number of H-pyrrole nitrogens is 1. The lowest BCUT2D eigenvalue weighted by atomic mass is 10.0. The third kappa shape index (κ3) is 3.13. The number of fused-ring (bicyclic) bond motifs is 1. The Hall–Kier alpha value is -2.38. The molecular formula is C17H18N4O2S. The van der Waals surface area contributed by atoms with Crippen molar-refractivity contribution in [2.45, 2.75) is 32.1 Å². The zero-order valence-electron chi connectivity index (χ0n) is 13.1. The maximum atomic E-state index is 12.7. The SMILES string of the molecule is O=C(NCc1ccco1)[C@@H]1Cc2nc[nH]c2CN1Cc1cccs1. The molecule has 0 aliphatic carbocycles. The number of furan rings is 1. The van der Waals surface area contributed by atoms with Crippen molar-refractivity contribution in [3.63, 3.8) is 0 Å². The lowest BCUT2D eigenvalue weighted by Crippen LogP contribution is -2.49. The molecule has 0 fully saturated rings. The predicted octanol–water partition coefficient (Wildman–Crippen LogP) is 2.31. The molecule has 4 heterocycles. The Balaban J connectivity index is 1.50. The fourth-order valence-corrected chi connectivity index (χ4v) is 3.75. The minimum Gasteiger partial charge on any atom is -0.467 e.